The van der Waals surface area contributed by atoms with E-state index in [2.05, 4.69) is 0 Å². The van der Waals surface area contributed by atoms with Crippen LogP contribution in [0.4, 0.5) is 0 Å². The van der Waals surface area contributed by atoms with E-state index in [0.29, 0.717) is 0 Å². The molecule has 0 heterocycles. The highest BCUT2D eigenvalue weighted by Gasteiger charge is 2.35. The van der Waals surface area contributed by atoms with Crippen molar-refractivity contribution >= 4 is 69.5 Å². The van der Waals surface area contributed by atoms with Gasteiger partial charge in [0.15, 0.2) is 23.1 Å². The van der Waals surface area contributed by atoms with Gasteiger partial charge in [0.25, 0.3) is 0 Å². The Morgan fingerprint density at radius 1 is 0.478 bits per heavy atom. The molecular weight excluding hydrogens is 671 g/mol. The Balaban J connectivity index is 0.000000157. The van der Waals surface area contributed by atoms with E-state index in [0.717, 1.165) is 36.4 Å². The van der Waals surface area contributed by atoms with Crippen LogP contribution >= 0.6 is 34.8 Å². The van der Waals surface area contributed by atoms with Crippen LogP contribution in [0.3, 0.4) is 0 Å². The van der Waals surface area contributed by atoms with Crippen molar-refractivity contribution in [2.45, 2.75) is 6.92 Å². The number of aromatic hydroxyl groups is 6. The van der Waals surface area contributed by atoms with Gasteiger partial charge >= 0.3 is 0 Å². The molecular formula is C31H17Cl3O12. The first kappa shape index (κ1) is 33.5. The number of halogens is 3. The fraction of sp³-hybridized carbons (Fsp3) is 0.0323. The van der Waals surface area contributed by atoms with Crippen molar-refractivity contribution in [1.29, 1.82) is 0 Å². The van der Waals surface area contributed by atoms with E-state index in [-0.39, 0.29) is 55.5 Å². The summed E-state index contributed by atoms with van der Waals surface area (Å²) in [4.78, 5) is 69.2. The number of hydrogen-bond acceptors (Lipinski definition) is 12. The van der Waals surface area contributed by atoms with E-state index in [4.69, 9.17) is 34.8 Å². The molecule has 3 aromatic carbocycles. The molecule has 6 rings (SSSR count). The smallest absolute Gasteiger partial charge is 0.210 e. The fourth-order valence-electron chi connectivity index (χ4n) is 4.48. The highest BCUT2D eigenvalue weighted by molar-refractivity contribution is 6.59. The maximum Gasteiger partial charge on any atom is 0.210 e. The quantitative estimate of drug-likeness (QED) is 0.166. The van der Waals surface area contributed by atoms with Crippen LogP contribution in [0.1, 0.15) is 69.1 Å². The van der Waals surface area contributed by atoms with E-state index in [1.807, 2.05) is 0 Å². The minimum atomic E-state index is -0.783. The SMILES string of the molecule is CC1=CC(=O)c2c(O)ccc(O)c2C1=O.O=C1C(Cl)=C(Cl)C(=O)c2c(O)ccc(O)c21.O=C1C=CC(=O)c2c(O)c(Cl)cc(O)c21. The zero-order chi connectivity index (χ0) is 34.4. The van der Waals surface area contributed by atoms with Gasteiger partial charge in [-0.25, -0.2) is 0 Å². The molecule has 3 aliphatic carbocycles. The lowest BCUT2D eigenvalue weighted by Crippen LogP contribution is -2.18. The predicted octanol–water partition coefficient (Wildman–Crippen LogP) is 5.28. The lowest BCUT2D eigenvalue weighted by atomic mass is 9.89. The first-order valence-corrected chi connectivity index (χ1v) is 13.7. The number of ketones is 6. The number of carbonyl (C=O) groups excluding carboxylic acids is 6. The Labute approximate surface area is 272 Å². The number of benzene rings is 3. The summed E-state index contributed by atoms with van der Waals surface area (Å²) >= 11 is 16.7. The van der Waals surface area contributed by atoms with E-state index < -0.39 is 67.8 Å². The van der Waals surface area contributed by atoms with Gasteiger partial charge in [0.05, 0.1) is 38.4 Å². The summed E-state index contributed by atoms with van der Waals surface area (Å²) in [5, 5.41) is 55.7. The largest absolute Gasteiger partial charge is 0.507 e. The maximum atomic E-state index is 11.6. The zero-order valence-electron chi connectivity index (χ0n) is 22.9. The third-order valence-corrected chi connectivity index (χ3v) is 7.77. The molecule has 0 fully saturated rings. The van der Waals surface area contributed by atoms with Crippen LogP contribution < -0.4 is 0 Å². The van der Waals surface area contributed by atoms with Gasteiger partial charge in [-0.3, -0.25) is 28.8 Å². The molecule has 0 atom stereocenters. The lowest BCUT2D eigenvalue weighted by molar-refractivity contribution is 0.0979. The average Bonchev–Trinajstić information content (AvgIpc) is 3.00. The monoisotopic (exact) mass is 686 g/mol. The van der Waals surface area contributed by atoms with Gasteiger partial charge in [-0.1, -0.05) is 34.8 Å². The van der Waals surface area contributed by atoms with Gasteiger partial charge in [0.2, 0.25) is 11.6 Å². The number of fused-ring (bicyclic) bond motifs is 3. The van der Waals surface area contributed by atoms with Crippen molar-refractivity contribution in [1.82, 2.24) is 0 Å². The average molecular weight is 688 g/mol. The highest BCUT2D eigenvalue weighted by atomic mass is 35.5. The number of hydrogen-bond donors (Lipinski definition) is 6. The zero-order valence-corrected chi connectivity index (χ0v) is 25.2. The second-order valence-electron chi connectivity index (χ2n) is 9.55. The number of Topliss-reactive ketones (excluding diaryl/α,β-unsaturated/α-hetero) is 3. The molecule has 0 amide bonds. The Kier molecular flexibility index (Phi) is 9.11. The molecule has 0 aromatic heterocycles. The van der Waals surface area contributed by atoms with E-state index in [1.54, 1.807) is 0 Å². The standard InChI is InChI=1S/C11H8O4.C10H4Cl2O4.C10H5ClO4/c1-5-4-8(14)9-6(12)2-3-7(13)10(9)11(5)15;11-7-8(12)10(16)6-4(14)2-1-3(13)5(6)9(7)15;11-4-3-7(14)8-5(12)1-2-6(13)9(8)10(4)15/h2-4,12-13H,1H3;1-2,13-14H;1-3,14-15H. The number of rotatable bonds is 0. The van der Waals surface area contributed by atoms with Crippen molar-refractivity contribution in [2.24, 2.45) is 0 Å². The molecule has 234 valence electrons. The van der Waals surface area contributed by atoms with Crippen LogP contribution in [0.2, 0.25) is 5.02 Å². The van der Waals surface area contributed by atoms with Gasteiger partial charge in [0, 0.05) is 11.6 Å². The number of allylic oxidation sites excluding steroid dienone is 6. The van der Waals surface area contributed by atoms with Crippen LogP contribution in [0, 0.1) is 0 Å². The Morgan fingerprint density at radius 3 is 1.30 bits per heavy atom. The number of phenolic OH excluding ortho intramolecular Hbond substituents is 6. The highest BCUT2D eigenvalue weighted by Crippen LogP contribution is 2.40. The second kappa shape index (κ2) is 12.5. The molecule has 15 heteroatoms. The molecule has 0 bridgehead atoms. The van der Waals surface area contributed by atoms with Crippen molar-refractivity contribution < 1.29 is 59.4 Å². The van der Waals surface area contributed by atoms with Crippen LogP contribution in [0.5, 0.6) is 34.5 Å². The van der Waals surface area contributed by atoms with E-state index in [9.17, 15) is 59.4 Å². The third kappa shape index (κ3) is 5.72. The van der Waals surface area contributed by atoms with Crippen LogP contribution in [-0.4, -0.2) is 65.3 Å². The molecule has 46 heavy (non-hydrogen) atoms. The Hall–Kier alpha value is -5.43. The molecule has 12 nitrogen and oxygen atoms in total. The van der Waals surface area contributed by atoms with Gasteiger partial charge in [0.1, 0.15) is 44.6 Å². The van der Waals surface area contributed by atoms with Gasteiger partial charge in [-0.05, 0) is 49.4 Å². The summed E-state index contributed by atoms with van der Waals surface area (Å²) in [6.07, 6.45) is 3.22. The molecule has 0 radical (unpaired) electrons. The molecule has 0 saturated carbocycles. The van der Waals surface area contributed by atoms with Crippen LogP contribution in [0.25, 0.3) is 0 Å². The minimum Gasteiger partial charge on any atom is -0.507 e. The summed E-state index contributed by atoms with van der Waals surface area (Å²) < 4.78 is 0. The van der Waals surface area contributed by atoms with Gasteiger partial charge in [-0.15, -0.1) is 0 Å². The summed E-state index contributed by atoms with van der Waals surface area (Å²) in [5.41, 5.74) is -1.06. The summed E-state index contributed by atoms with van der Waals surface area (Å²) in [7, 11) is 0. The fourth-order valence-corrected chi connectivity index (χ4v) is 5.04. The predicted molar refractivity (Wildman–Crippen MR) is 162 cm³/mol. The molecule has 3 aromatic rings. The van der Waals surface area contributed by atoms with E-state index >= 15 is 0 Å². The lowest BCUT2D eigenvalue weighted by Gasteiger charge is -2.16. The number of carbonyl (C=O) groups is 6. The third-order valence-electron chi connectivity index (χ3n) is 6.66. The van der Waals surface area contributed by atoms with Crippen LogP contribution in [-0.2, 0) is 0 Å². The first-order valence-electron chi connectivity index (χ1n) is 12.5. The van der Waals surface area contributed by atoms with Crippen molar-refractivity contribution in [3.05, 3.63) is 103 Å². The Morgan fingerprint density at radius 2 is 0.848 bits per heavy atom. The molecule has 6 N–H and O–H groups in total. The van der Waals surface area contributed by atoms with Gasteiger partial charge in [-0.2, -0.15) is 0 Å². The van der Waals surface area contributed by atoms with Crippen molar-refractivity contribution in [3.8, 4) is 34.5 Å². The summed E-state index contributed by atoms with van der Waals surface area (Å²) in [6.45, 7) is 1.49. The topological polar surface area (TPSA) is 224 Å². The van der Waals surface area contributed by atoms with Gasteiger partial charge < -0.3 is 30.6 Å². The van der Waals surface area contributed by atoms with Crippen molar-refractivity contribution in [2.75, 3.05) is 0 Å². The number of phenols is 6. The van der Waals surface area contributed by atoms with Crippen molar-refractivity contribution in [3.63, 3.8) is 0 Å². The Bertz CT molecular complexity index is 2000. The summed E-state index contributed by atoms with van der Waals surface area (Å²) in [5.74, 6) is -5.85. The molecule has 0 saturated heterocycles. The maximum absolute atomic E-state index is 11.6. The van der Waals surface area contributed by atoms with E-state index in [1.165, 1.54) is 19.1 Å². The minimum absolute atomic E-state index is 0.111. The molecule has 3 aliphatic rings. The second-order valence-corrected chi connectivity index (χ2v) is 10.7. The molecule has 0 unspecified atom stereocenters. The summed E-state index contributed by atoms with van der Waals surface area (Å²) in [6, 6.07) is 5.61. The first-order chi connectivity index (χ1) is 21.5. The molecule has 0 aliphatic heterocycles. The molecule has 0 spiro atoms. The normalized spacial score (nSPS) is 14.8. The van der Waals surface area contributed by atoms with Crippen LogP contribution in [0.15, 0.2) is 64.2 Å².